The summed E-state index contributed by atoms with van der Waals surface area (Å²) in [5.41, 5.74) is 8.75. The molecule has 0 amide bonds. The first-order valence-corrected chi connectivity index (χ1v) is 9.61. The highest BCUT2D eigenvalue weighted by molar-refractivity contribution is 7.11. The van der Waals surface area contributed by atoms with Crippen LogP contribution in [0.3, 0.4) is 0 Å². The van der Waals surface area contributed by atoms with Gasteiger partial charge in [0.1, 0.15) is 12.0 Å². The summed E-state index contributed by atoms with van der Waals surface area (Å²) in [4.78, 5) is 1.13. The van der Waals surface area contributed by atoms with Crippen LogP contribution in [0.25, 0.3) is 22.4 Å². The summed E-state index contributed by atoms with van der Waals surface area (Å²) in [7, 11) is 0. The van der Waals surface area contributed by atoms with E-state index in [4.69, 9.17) is 16.1 Å². The van der Waals surface area contributed by atoms with Crippen molar-refractivity contribution in [1.82, 2.24) is 5.16 Å². The molecule has 0 unspecified atom stereocenters. The molecule has 0 aliphatic carbocycles. The van der Waals surface area contributed by atoms with Gasteiger partial charge in [-0.3, -0.25) is 5.43 Å². The molecule has 4 aromatic rings. The van der Waals surface area contributed by atoms with E-state index in [1.807, 2.05) is 54.7 Å². The van der Waals surface area contributed by atoms with Gasteiger partial charge >= 0.3 is 0 Å². The van der Waals surface area contributed by atoms with Crippen molar-refractivity contribution in [2.24, 2.45) is 5.10 Å². The second kappa shape index (κ2) is 7.78. The quantitative estimate of drug-likeness (QED) is 0.312. The van der Waals surface area contributed by atoms with Gasteiger partial charge in [0.15, 0.2) is 0 Å². The van der Waals surface area contributed by atoms with Crippen molar-refractivity contribution in [2.45, 2.75) is 6.92 Å². The molecule has 1 N–H and O–H groups in total. The Labute approximate surface area is 166 Å². The van der Waals surface area contributed by atoms with Crippen molar-refractivity contribution in [3.05, 3.63) is 81.7 Å². The standard InChI is InChI=1S/C21H16ClN3OS/c1-14-9-11-27-21(14)13-23-24-15-6-7-16(17-4-2-3-5-19(17)22)18(12-15)20-8-10-26-25-20/h2-13,24H,1H3. The fourth-order valence-electron chi connectivity index (χ4n) is 2.77. The van der Waals surface area contributed by atoms with Crippen LogP contribution in [0.5, 0.6) is 0 Å². The molecule has 0 fully saturated rings. The summed E-state index contributed by atoms with van der Waals surface area (Å²) in [6.07, 6.45) is 3.39. The highest BCUT2D eigenvalue weighted by Crippen LogP contribution is 2.37. The summed E-state index contributed by atoms with van der Waals surface area (Å²) >= 11 is 8.07. The van der Waals surface area contributed by atoms with Crippen LogP contribution in [-0.2, 0) is 0 Å². The number of nitrogens with zero attached hydrogens (tertiary/aromatic N) is 2. The zero-order chi connectivity index (χ0) is 18.6. The van der Waals surface area contributed by atoms with Crippen molar-refractivity contribution in [3.8, 4) is 22.4 Å². The van der Waals surface area contributed by atoms with Crippen LogP contribution < -0.4 is 5.43 Å². The Morgan fingerprint density at radius 1 is 1.07 bits per heavy atom. The van der Waals surface area contributed by atoms with Gasteiger partial charge in [-0.05, 0) is 47.7 Å². The number of aryl methyl sites for hydroxylation is 1. The minimum Gasteiger partial charge on any atom is -0.364 e. The smallest absolute Gasteiger partial charge is 0.124 e. The van der Waals surface area contributed by atoms with E-state index in [9.17, 15) is 0 Å². The van der Waals surface area contributed by atoms with Gasteiger partial charge in [-0.2, -0.15) is 5.10 Å². The average Bonchev–Trinajstić information content (AvgIpc) is 3.35. The Morgan fingerprint density at radius 3 is 2.70 bits per heavy atom. The molecule has 0 atom stereocenters. The summed E-state index contributed by atoms with van der Waals surface area (Å²) < 4.78 is 5.04. The van der Waals surface area contributed by atoms with E-state index >= 15 is 0 Å². The Hall–Kier alpha value is -2.89. The topological polar surface area (TPSA) is 50.4 Å². The summed E-state index contributed by atoms with van der Waals surface area (Å²) in [5.74, 6) is 0. The SMILES string of the molecule is Cc1ccsc1C=NNc1ccc(-c2ccccc2Cl)c(-c2ccon2)c1. The number of thiophene rings is 1. The fourth-order valence-corrected chi connectivity index (χ4v) is 3.80. The number of rotatable bonds is 5. The lowest BCUT2D eigenvalue weighted by molar-refractivity contribution is 0.422. The Morgan fingerprint density at radius 2 is 1.96 bits per heavy atom. The van der Waals surface area contributed by atoms with Crippen molar-refractivity contribution < 1.29 is 4.52 Å². The summed E-state index contributed by atoms with van der Waals surface area (Å²) in [5, 5.41) is 11.2. The molecule has 0 bridgehead atoms. The maximum Gasteiger partial charge on any atom is 0.124 e. The van der Waals surface area contributed by atoms with E-state index in [-0.39, 0.29) is 0 Å². The Bertz CT molecular complexity index is 1090. The number of hydrogen-bond donors (Lipinski definition) is 1. The third-order valence-corrected chi connectivity index (χ3v) is 5.46. The van der Waals surface area contributed by atoms with Crippen LogP contribution in [0.4, 0.5) is 5.69 Å². The van der Waals surface area contributed by atoms with Crippen LogP contribution in [-0.4, -0.2) is 11.4 Å². The van der Waals surface area contributed by atoms with Crippen LogP contribution in [0, 0.1) is 6.92 Å². The Balaban J connectivity index is 1.69. The minimum absolute atomic E-state index is 0.689. The minimum atomic E-state index is 0.689. The zero-order valence-electron chi connectivity index (χ0n) is 14.5. The number of benzene rings is 2. The van der Waals surface area contributed by atoms with E-state index in [2.05, 4.69) is 34.1 Å². The lowest BCUT2D eigenvalue weighted by Crippen LogP contribution is -1.93. The number of aromatic nitrogens is 1. The number of anilines is 1. The first-order valence-electron chi connectivity index (χ1n) is 8.35. The third-order valence-electron chi connectivity index (χ3n) is 4.17. The number of nitrogens with one attached hydrogen (secondary N) is 1. The van der Waals surface area contributed by atoms with E-state index in [1.165, 1.54) is 5.56 Å². The van der Waals surface area contributed by atoms with Gasteiger partial charge in [-0.15, -0.1) is 11.3 Å². The molecule has 0 spiro atoms. The van der Waals surface area contributed by atoms with Gasteiger partial charge < -0.3 is 4.52 Å². The largest absolute Gasteiger partial charge is 0.364 e. The summed E-state index contributed by atoms with van der Waals surface area (Å²) in [6, 6.07) is 17.6. The molecule has 0 radical (unpaired) electrons. The predicted octanol–water partition coefficient (Wildman–Crippen LogP) is 6.48. The lowest BCUT2D eigenvalue weighted by atomic mass is 9.97. The molecule has 2 aromatic carbocycles. The number of hydrogen-bond acceptors (Lipinski definition) is 5. The van der Waals surface area contributed by atoms with Gasteiger partial charge in [0.25, 0.3) is 0 Å². The van der Waals surface area contributed by atoms with Crippen LogP contribution in [0.15, 0.2) is 75.9 Å². The molecular formula is C21H16ClN3OS. The summed E-state index contributed by atoms with van der Waals surface area (Å²) in [6.45, 7) is 2.07. The average molecular weight is 394 g/mol. The lowest BCUT2D eigenvalue weighted by Gasteiger charge is -2.11. The molecule has 134 valence electrons. The molecule has 0 aliphatic heterocycles. The second-order valence-electron chi connectivity index (χ2n) is 5.96. The van der Waals surface area contributed by atoms with E-state index in [0.29, 0.717) is 5.02 Å². The molecule has 0 aliphatic rings. The highest BCUT2D eigenvalue weighted by atomic mass is 35.5. The van der Waals surface area contributed by atoms with Gasteiger partial charge in [0.2, 0.25) is 0 Å². The highest BCUT2D eigenvalue weighted by Gasteiger charge is 2.13. The van der Waals surface area contributed by atoms with Crippen LogP contribution >= 0.6 is 22.9 Å². The third kappa shape index (κ3) is 3.79. The maximum atomic E-state index is 6.41. The molecular weight excluding hydrogens is 378 g/mol. The van der Waals surface area contributed by atoms with Gasteiger partial charge in [0.05, 0.1) is 11.9 Å². The first kappa shape index (κ1) is 17.5. The fraction of sp³-hybridized carbons (Fsp3) is 0.0476. The van der Waals surface area contributed by atoms with Crippen LogP contribution in [0.1, 0.15) is 10.4 Å². The Kier molecular flexibility index (Phi) is 5.05. The molecule has 4 nitrogen and oxygen atoms in total. The second-order valence-corrected chi connectivity index (χ2v) is 7.32. The van der Waals surface area contributed by atoms with Gasteiger partial charge in [-0.1, -0.05) is 41.0 Å². The molecule has 0 saturated carbocycles. The van der Waals surface area contributed by atoms with Crippen molar-refractivity contribution >= 4 is 34.8 Å². The number of hydrazone groups is 1. The normalized spacial score (nSPS) is 11.2. The predicted molar refractivity (Wildman–Crippen MR) is 113 cm³/mol. The molecule has 6 heteroatoms. The monoisotopic (exact) mass is 393 g/mol. The van der Waals surface area contributed by atoms with Crippen LogP contribution in [0.2, 0.25) is 5.02 Å². The molecule has 2 heterocycles. The van der Waals surface area contributed by atoms with Gasteiger partial charge in [0, 0.05) is 27.1 Å². The maximum absolute atomic E-state index is 6.41. The first-order chi connectivity index (χ1) is 13.2. The van der Waals surface area contributed by atoms with E-state index in [1.54, 1.807) is 17.6 Å². The van der Waals surface area contributed by atoms with Crippen molar-refractivity contribution in [2.75, 3.05) is 5.43 Å². The zero-order valence-corrected chi connectivity index (χ0v) is 16.1. The number of halogens is 1. The molecule has 4 rings (SSSR count). The molecule has 0 saturated heterocycles. The van der Waals surface area contributed by atoms with Crippen molar-refractivity contribution in [3.63, 3.8) is 0 Å². The molecule has 27 heavy (non-hydrogen) atoms. The van der Waals surface area contributed by atoms with E-state index < -0.39 is 0 Å². The van der Waals surface area contributed by atoms with E-state index in [0.717, 1.165) is 32.9 Å². The van der Waals surface area contributed by atoms with Crippen molar-refractivity contribution in [1.29, 1.82) is 0 Å². The van der Waals surface area contributed by atoms with Gasteiger partial charge in [-0.25, -0.2) is 0 Å². The molecule has 2 aromatic heterocycles.